The standard InChI is InChI=1S/C11H7BrF5N3/c1-2-20-4(3-12)18-19-11(20)5-6(13)8(15)10(17)9(16)7(5)14/h2-3H2,1H3. The summed E-state index contributed by atoms with van der Waals surface area (Å²) in [5.41, 5.74) is -1.08. The molecule has 1 aromatic carbocycles. The number of aromatic nitrogens is 3. The van der Waals surface area contributed by atoms with Crippen molar-refractivity contribution in [2.75, 3.05) is 0 Å². The van der Waals surface area contributed by atoms with E-state index in [9.17, 15) is 22.0 Å². The highest BCUT2D eigenvalue weighted by atomic mass is 79.9. The normalized spacial score (nSPS) is 11.2. The van der Waals surface area contributed by atoms with Gasteiger partial charge in [-0.05, 0) is 6.92 Å². The molecule has 0 N–H and O–H groups in total. The van der Waals surface area contributed by atoms with Gasteiger partial charge < -0.3 is 4.57 Å². The summed E-state index contributed by atoms with van der Waals surface area (Å²) in [7, 11) is 0. The molecular weight excluding hydrogens is 349 g/mol. The van der Waals surface area contributed by atoms with E-state index in [-0.39, 0.29) is 11.9 Å². The van der Waals surface area contributed by atoms with E-state index in [2.05, 4.69) is 26.1 Å². The minimum atomic E-state index is -2.20. The molecule has 2 rings (SSSR count). The maximum absolute atomic E-state index is 13.7. The Balaban J connectivity index is 2.80. The minimum Gasteiger partial charge on any atom is -0.310 e. The molecule has 0 bridgehead atoms. The van der Waals surface area contributed by atoms with Gasteiger partial charge in [0, 0.05) is 6.54 Å². The molecule has 0 aliphatic heterocycles. The first kappa shape index (κ1) is 14.9. The predicted molar refractivity (Wildman–Crippen MR) is 63.6 cm³/mol. The summed E-state index contributed by atoms with van der Waals surface area (Å²) in [5, 5.41) is 7.37. The summed E-state index contributed by atoms with van der Waals surface area (Å²) in [4.78, 5) is 0. The van der Waals surface area contributed by atoms with Gasteiger partial charge >= 0.3 is 0 Å². The van der Waals surface area contributed by atoms with E-state index in [0.717, 1.165) is 0 Å². The fourth-order valence-electron chi connectivity index (χ4n) is 1.75. The summed E-state index contributed by atoms with van der Waals surface area (Å²) < 4.78 is 68.0. The van der Waals surface area contributed by atoms with Gasteiger partial charge in [-0.25, -0.2) is 22.0 Å². The van der Waals surface area contributed by atoms with Crippen LogP contribution in [0.1, 0.15) is 12.7 Å². The lowest BCUT2D eigenvalue weighted by molar-refractivity contribution is 0.380. The Morgan fingerprint density at radius 2 is 1.40 bits per heavy atom. The first-order valence-electron chi connectivity index (χ1n) is 5.43. The highest BCUT2D eigenvalue weighted by Gasteiger charge is 2.29. The molecule has 3 nitrogen and oxygen atoms in total. The van der Waals surface area contributed by atoms with Crippen LogP contribution in [0.5, 0.6) is 0 Å². The Kier molecular flexibility index (Phi) is 4.07. The zero-order chi connectivity index (χ0) is 15.0. The van der Waals surface area contributed by atoms with Crippen LogP contribution in [0.15, 0.2) is 0 Å². The van der Waals surface area contributed by atoms with E-state index in [1.54, 1.807) is 6.92 Å². The summed E-state index contributed by atoms with van der Waals surface area (Å²) >= 11 is 3.09. The molecule has 0 aliphatic carbocycles. The Bertz CT molecular complexity index is 642. The first-order valence-corrected chi connectivity index (χ1v) is 6.55. The van der Waals surface area contributed by atoms with Crippen LogP contribution < -0.4 is 0 Å². The fraction of sp³-hybridized carbons (Fsp3) is 0.273. The highest BCUT2D eigenvalue weighted by molar-refractivity contribution is 9.08. The third kappa shape index (κ3) is 2.09. The molecule has 9 heteroatoms. The lowest BCUT2D eigenvalue weighted by atomic mass is 10.1. The summed E-state index contributed by atoms with van der Waals surface area (Å²) in [5.74, 6) is -10.2. The molecule has 0 unspecified atom stereocenters. The van der Waals surface area contributed by atoms with Crippen molar-refractivity contribution in [2.24, 2.45) is 0 Å². The van der Waals surface area contributed by atoms with Crippen LogP contribution >= 0.6 is 15.9 Å². The van der Waals surface area contributed by atoms with Gasteiger partial charge in [-0.2, -0.15) is 0 Å². The number of alkyl halides is 1. The van der Waals surface area contributed by atoms with Gasteiger partial charge in [-0.3, -0.25) is 0 Å². The van der Waals surface area contributed by atoms with E-state index >= 15 is 0 Å². The van der Waals surface area contributed by atoms with E-state index in [1.165, 1.54) is 4.57 Å². The maximum Gasteiger partial charge on any atom is 0.200 e. The van der Waals surface area contributed by atoms with Crippen molar-refractivity contribution in [3.63, 3.8) is 0 Å². The van der Waals surface area contributed by atoms with E-state index < -0.39 is 40.5 Å². The number of hydrogen-bond acceptors (Lipinski definition) is 2. The third-order valence-corrected chi connectivity index (χ3v) is 3.20. The van der Waals surface area contributed by atoms with Gasteiger partial charge in [0.2, 0.25) is 5.82 Å². The van der Waals surface area contributed by atoms with Crippen LogP contribution in [0.4, 0.5) is 22.0 Å². The van der Waals surface area contributed by atoms with Gasteiger partial charge in [-0.15, -0.1) is 10.2 Å². The van der Waals surface area contributed by atoms with Gasteiger partial charge in [0.15, 0.2) is 29.1 Å². The molecule has 0 amide bonds. The smallest absolute Gasteiger partial charge is 0.200 e. The fourth-order valence-corrected chi connectivity index (χ4v) is 2.17. The van der Waals surface area contributed by atoms with Gasteiger partial charge in [0.1, 0.15) is 5.82 Å². The highest BCUT2D eigenvalue weighted by Crippen LogP contribution is 2.31. The summed E-state index contributed by atoms with van der Waals surface area (Å²) in [6.07, 6.45) is 0. The second-order valence-corrected chi connectivity index (χ2v) is 4.32. The van der Waals surface area contributed by atoms with Crippen molar-refractivity contribution in [3.05, 3.63) is 34.9 Å². The topological polar surface area (TPSA) is 30.7 Å². The molecule has 0 aliphatic rings. The Morgan fingerprint density at radius 1 is 0.900 bits per heavy atom. The molecule has 0 spiro atoms. The molecule has 0 radical (unpaired) electrons. The molecule has 0 saturated heterocycles. The second kappa shape index (κ2) is 5.47. The van der Waals surface area contributed by atoms with E-state index in [4.69, 9.17) is 0 Å². The second-order valence-electron chi connectivity index (χ2n) is 3.76. The molecule has 20 heavy (non-hydrogen) atoms. The number of rotatable bonds is 3. The van der Waals surface area contributed by atoms with Crippen molar-refractivity contribution in [1.82, 2.24) is 14.8 Å². The SMILES string of the molecule is CCn1c(CBr)nnc1-c1c(F)c(F)c(F)c(F)c1F. The van der Waals surface area contributed by atoms with Crippen LogP contribution in [0, 0.1) is 29.1 Å². The number of halogens is 6. The Labute approximate surface area is 118 Å². The molecule has 0 atom stereocenters. The van der Waals surface area contributed by atoms with Crippen molar-refractivity contribution < 1.29 is 22.0 Å². The summed E-state index contributed by atoms with van der Waals surface area (Å²) in [6.45, 7) is 1.84. The average Bonchev–Trinajstić information content (AvgIpc) is 2.86. The van der Waals surface area contributed by atoms with Gasteiger partial charge in [0.05, 0.1) is 10.9 Å². The molecule has 0 saturated carbocycles. The lowest BCUT2D eigenvalue weighted by Gasteiger charge is -2.09. The maximum atomic E-state index is 13.7. The lowest BCUT2D eigenvalue weighted by Crippen LogP contribution is -2.09. The molecule has 0 fully saturated rings. The predicted octanol–water partition coefficient (Wildman–Crippen LogP) is 3.56. The van der Waals surface area contributed by atoms with Crippen molar-refractivity contribution in [2.45, 2.75) is 18.8 Å². The van der Waals surface area contributed by atoms with Crippen LogP contribution in [-0.4, -0.2) is 14.8 Å². The van der Waals surface area contributed by atoms with E-state index in [0.29, 0.717) is 5.82 Å². The van der Waals surface area contributed by atoms with Crippen molar-refractivity contribution in [3.8, 4) is 11.4 Å². The monoisotopic (exact) mass is 355 g/mol. The molecule has 1 heterocycles. The van der Waals surface area contributed by atoms with Crippen LogP contribution in [0.3, 0.4) is 0 Å². The van der Waals surface area contributed by atoms with Crippen molar-refractivity contribution in [1.29, 1.82) is 0 Å². The first-order chi connectivity index (χ1) is 9.43. The van der Waals surface area contributed by atoms with Crippen LogP contribution in [0.25, 0.3) is 11.4 Å². The summed E-state index contributed by atoms with van der Waals surface area (Å²) in [6, 6.07) is 0. The van der Waals surface area contributed by atoms with Crippen molar-refractivity contribution >= 4 is 15.9 Å². The zero-order valence-electron chi connectivity index (χ0n) is 10.0. The third-order valence-electron chi connectivity index (χ3n) is 2.70. The number of benzene rings is 1. The van der Waals surface area contributed by atoms with E-state index in [1.807, 2.05) is 0 Å². The minimum absolute atomic E-state index is 0.211. The van der Waals surface area contributed by atoms with Crippen LogP contribution in [-0.2, 0) is 11.9 Å². The van der Waals surface area contributed by atoms with Crippen LogP contribution in [0.2, 0.25) is 0 Å². The molecule has 108 valence electrons. The zero-order valence-corrected chi connectivity index (χ0v) is 11.6. The average molecular weight is 356 g/mol. The largest absolute Gasteiger partial charge is 0.310 e. The molecule has 1 aromatic heterocycles. The molecular formula is C11H7BrF5N3. The molecule has 2 aromatic rings. The Morgan fingerprint density at radius 3 is 1.85 bits per heavy atom. The number of nitrogens with zero attached hydrogens (tertiary/aromatic N) is 3. The van der Waals surface area contributed by atoms with Gasteiger partial charge in [0.25, 0.3) is 0 Å². The quantitative estimate of drug-likeness (QED) is 0.365. The number of hydrogen-bond donors (Lipinski definition) is 0. The Hall–Kier alpha value is -1.51. The van der Waals surface area contributed by atoms with Gasteiger partial charge in [-0.1, -0.05) is 15.9 Å².